The summed E-state index contributed by atoms with van der Waals surface area (Å²) in [7, 11) is 0. The van der Waals surface area contributed by atoms with Gasteiger partial charge in [-0.25, -0.2) is 0 Å². The van der Waals surface area contributed by atoms with Gasteiger partial charge in [0, 0.05) is 24.4 Å². The smallest absolute Gasteiger partial charge is 0.160 e. The summed E-state index contributed by atoms with van der Waals surface area (Å²) in [5.41, 5.74) is 0. The Hall–Kier alpha value is -1.49. The van der Waals surface area contributed by atoms with Crippen LogP contribution in [0, 0.1) is 0 Å². The Bertz CT molecular complexity index is 758. The molecule has 1 nitrogen and oxygen atoms in total. The lowest BCUT2D eigenvalue weighted by Crippen LogP contribution is -1.62. The van der Waals surface area contributed by atoms with Gasteiger partial charge in [-0.05, 0) is 49.4 Å². The maximum absolute atomic E-state index is 10.8. The largest absolute Gasteiger partial charge is 0.297 e. The quantitative estimate of drug-likeness (QED) is 0.535. The third-order valence-corrected chi connectivity index (χ3v) is 6.33. The molecule has 0 spiro atoms. The van der Waals surface area contributed by atoms with E-state index in [2.05, 4.69) is 36.4 Å². The molecule has 20 heavy (non-hydrogen) atoms. The van der Waals surface area contributed by atoms with Gasteiger partial charge >= 0.3 is 0 Å². The molecule has 3 heterocycles. The first-order chi connectivity index (χ1) is 9.80. The van der Waals surface area contributed by atoms with Crippen LogP contribution in [0.25, 0.3) is 25.6 Å². The van der Waals surface area contributed by atoms with Crippen LogP contribution in [-0.2, 0) is 0 Å². The van der Waals surface area contributed by atoms with Gasteiger partial charge in [0.05, 0.1) is 4.88 Å². The van der Waals surface area contributed by atoms with Crippen molar-refractivity contribution in [1.29, 1.82) is 0 Å². The molecule has 0 radical (unpaired) electrons. The van der Waals surface area contributed by atoms with Crippen molar-refractivity contribution in [2.24, 2.45) is 0 Å². The standard InChI is InChI=1S/C16H12OS3/c1-2-3-11-4-6-13(18-11)15-8-9-16(20-15)14-7-5-12(10-17)19-14/h2-10H,1H3. The maximum atomic E-state index is 10.8. The van der Waals surface area contributed by atoms with E-state index in [1.54, 1.807) is 34.0 Å². The second-order valence-corrected chi connectivity index (χ2v) is 7.50. The molecular formula is C16H12OS3. The van der Waals surface area contributed by atoms with Gasteiger partial charge in [-0.1, -0.05) is 6.08 Å². The summed E-state index contributed by atoms with van der Waals surface area (Å²) >= 11 is 5.12. The van der Waals surface area contributed by atoms with Crippen LogP contribution < -0.4 is 0 Å². The highest BCUT2D eigenvalue weighted by Gasteiger charge is 2.08. The molecular weight excluding hydrogens is 304 g/mol. The van der Waals surface area contributed by atoms with Gasteiger partial charge in [-0.3, -0.25) is 4.79 Å². The predicted molar refractivity (Wildman–Crippen MR) is 91.0 cm³/mol. The Balaban J connectivity index is 1.90. The Morgan fingerprint density at radius 1 is 0.750 bits per heavy atom. The normalized spacial score (nSPS) is 11.2. The summed E-state index contributed by atoms with van der Waals surface area (Å²) in [6.45, 7) is 2.03. The highest BCUT2D eigenvalue weighted by atomic mass is 32.1. The molecule has 0 aliphatic carbocycles. The van der Waals surface area contributed by atoms with Crippen molar-refractivity contribution in [3.8, 4) is 19.5 Å². The first-order valence-corrected chi connectivity index (χ1v) is 8.63. The van der Waals surface area contributed by atoms with Crippen molar-refractivity contribution in [2.45, 2.75) is 6.92 Å². The van der Waals surface area contributed by atoms with Crippen LogP contribution in [0.2, 0.25) is 0 Å². The SMILES string of the molecule is CC=Cc1ccc(-c2ccc(-c3ccc(C=O)s3)s2)s1. The van der Waals surface area contributed by atoms with E-state index in [0.717, 1.165) is 16.0 Å². The van der Waals surface area contributed by atoms with E-state index in [-0.39, 0.29) is 0 Å². The van der Waals surface area contributed by atoms with Crippen LogP contribution in [0.15, 0.2) is 42.5 Å². The first kappa shape index (κ1) is 13.5. The van der Waals surface area contributed by atoms with Crippen molar-refractivity contribution < 1.29 is 4.79 Å². The molecule has 3 rings (SSSR count). The monoisotopic (exact) mass is 316 g/mol. The summed E-state index contributed by atoms with van der Waals surface area (Å²) in [4.78, 5) is 17.8. The van der Waals surface area contributed by atoms with Gasteiger partial charge in [0.2, 0.25) is 0 Å². The van der Waals surface area contributed by atoms with E-state index in [0.29, 0.717) is 0 Å². The molecule has 0 atom stereocenters. The summed E-state index contributed by atoms with van der Waals surface area (Å²) in [5, 5.41) is 0. The van der Waals surface area contributed by atoms with E-state index in [9.17, 15) is 4.79 Å². The molecule has 3 aromatic heterocycles. The molecule has 3 aromatic rings. The third kappa shape index (κ3) is 2.68. The number of carbonyl (C=O) groups is 1. The van der Waals surface area contributed by atoms with Gasteiger partial charge < -0.3 is 0 Å². The van der Waals surface area contributed by atoms with E-state index in [1.165, 1.54) is 19.5 Å². The van der Waals surface area contributed by atoms with Crippen LogP contribution in [0.4, 0.5) is 0 Å². The maximum Gasteiger partial charge on any atom is 0.160 e. The Labute approximate surface area is 129 Å². The van der Waals surface area contributed by atoms with Crippen molar-refractivity contribution in [2.75, 3.05) is 0 Å². The highest BCUT2D eigenvalue weighted by Crippen LogP contribution is 2.39. The third-order valence-electron chi connectivity index (χ3n) is 2.79. The van der Waals surface area contributed by atoms with Crippen molar-refractivity contribution in [1.82, 2.24) is 0 Å². The first-order valence-electron chi connectivity index (χ1n) is 6.18. The zero-order valence-electron chi connectivity index (χ0n) is 10.8. The number of aldehydes is 1. The zero-order valence-corrected chi connectivity index (χ0v) is 13.3. The van der Waals surface area contributed by atoms with Crippen LogP contribution in [0.5, 0.6) is 0 Å². The summed E-state index contributed by atoms with van der Waals surface area (Å²) in [6, 6.07) is 12.5. The molecule has 0 amide bonds. The minimum atomic E-state index is 0.779. The van der Waals surface area contributed by atoms with Gasteiger partial charge in [0.1, 0.15) is 0 Å². The molecule has 4 heteroatoms. The molecule has 0 fully saturated rings. The minimum absolute atomic E-state index is 0.779. The predicted octanol–water partition coefficient (Wildman–Crippen LogP) is 6.05. The second kappa shape index (κ2) is 5.87. The number of carbonyl (C=O) groups excluding carboxylic acids is 1. The minimum Gasteiger partial charge on any atom is -0.297 e. The fraction of sp³-hybridized carbons (Fsp3) is 0.0625. The molecule has 0 saturated carbocycles. The number of thiophene rings is 3. The number of rotatable bonds is 4. The molecule has 0 N–H and O–H groups in total. The van der Waals surface area contributed by atoms with Crippen molar-refractivity contribution >= 4 is 46.4 Å². The van der Waals surface area contributed by atoms with E-state index < -0.39 is 0 Å². The number of allylic oxidation sites excluding steroid dienone is 1. The topological polar surface area (TPSA) is 17.1 Å². The molecule has 0 aliphatic rings. The number of hydrogen-bond acceptors (Lipinski definition) is 4. The van der Waals surface area contributed by atoms with Gasteiger partial charge in [-0.15, -0.1) is 34.0 Å². The Morgan fingerprint density at radius 2 is 1.25 bits per heavy atom. The summed E-state index contributed by atoms with van der Waals surface area (Å²) < 4.78 is 0. The summed E-state index contributed by atoms with van der Waals surface area (Å²) in [6.07, 6.45) is 5.09. The average molecular weight is 316 g/mol. The molecule has 0 unspecified atom stereocenters. The lowest BCUT2D eigenvalue weighted by molar-refractivity contribution is 0.112. The summed E-state index contributed by atoms with van der Waals surface area (Å²) in [5.74, 6) is 0. The fourth-order valence-corrected chi connectivity index (χ4v) is 4.88. The molecule has 0 saturated heterocycles. The Kier molecular flexibility index (Phi) is 3.96. The van der Waals surface area contributed by atoms with Crippen molar-refractivity contribution in [3.05, 3.63) is 52.2 Å². The van der Waals surface area contributed by atoms with Crippen LogP contribution >= 0.6 is 34.0 Å². The van der Waals surface area contributed by atoms with Crippen LogP contribution in [0.3, 0.4) is 0 Å². The molecule has 100 valence electrons. The van der Waals surface area contributed by atoms with Gasteiger partial charge in [0.15, 0.2) is 6.29 Å². The van der Waals surface area contributed by atoms with Gasteiger partial charge in [0.25, 0.3) is 0 Å². The lowest BCUT2D eigenvalue weighted by Gasteiger charge is -1.90. The van der Waals surface area contributed by atoms with Crippen LogP contribution in [-0.4, -0.2) is 6.29 Å². The highest BCUT2D eigenvalue weighted by molar-refractivity contribution is 7.26. The van der Waals surface area contributed by atoms with E-state index >= 15 is 0 Å². The zero-order chi connectivity index (χ0) is 13.9. The molecule has 0 bridgehead atoms. The lowest BCUT2D eigenvalue weighted by atomic mass is 10.3. The molecule has 0 aromatic carbocycles. The fourth-order valence-electron chi connectivity index (χ4n) is 1.89. The average Bonchev–Trinajstić information content (AvgIpc) is 3.18. The Morgan fingerprint density at radius 3 is 1.80 bits per heavy atom. The van der Waals surface area contributed by atoms with Gasteiger partial charge in [-0.2, -0.15) is 0 Å². The van der Waals surface area contributed by atoms with Crippen LogP contribution in [0.1, 0.15) is 21.5 Å². The van der Waals surface area contributed by atoms with E-state index in [4.69, 9.17) is 0 Å². The van der Waals surface area contributed by atoms with E-state index in [1.807, 2.05) is 19.1 Å². The van der Waals surface area contributed by atoms with Crippen molar-refractivity contribution in [3.63, 3.8) is 0 Å². The number of hydrogen-bond donors (Lipinski definition) is 0. The second-order valence-electron chi connectivity index (χ2n) is 4.19. The molecule has 0 aliphatic heterocycles.